The van der Waals surface area contributed by atoms with Crippen molar-refractivity contribution >= 4 is 11.8 Å². The molecule has 0 aromatic rings. The van der Waals surface area contributed by atoms with Gasteiger partial charge in [0, 0.05) is 11.5 Å². The first-order valence-corrected chi connectivity index (χ1v) is 13.1. The highest BCUT2D eigenvalue weighted by Crippen LogP contribution is 2.63. The Morgan fingerprint density at radius 1 is 0.805 bits per heavy atom. The number of carbonyl (C=O) groups excluding carboxylic acids is 2. The van der Waals surface area contributed by atoms with Gasteiger partial charge in [-0.25, -0.2) is 0 Å². The van der Waals surface area contributed by atoms with Gasteiger partial charge in [0.05, 0.1) is 0 Å². The Bertz CT molecular complexity index is 1030. The van der Waals surface area contributed by atoms with Gasteiger partial charge in [-0.3, -0.25) is 14.5 Å². The lowest BCUT2D eigenvalue weighted by atomic mass is 9.48. The number of halogens is 12. The Hall–Kier alpha value is -2.16. The van der Waals surface area contributed by atoms with Crippen LogP contribution < -0.4 is 5.32 Å². The van der Waals surface area contributed by atoms with E-state index in [1.54, 1.807) is 0 Å². The molecule has 0 bridgehead atoms. The summed E-state index contributed by atoms with van der Waals surface area (Å²) in [5, 5.41) is 2.30. The molecule has 4 nitrogen and oxygen atoms in total. The minimum absolute atomic E-state index is 0.0132. The summed E-state index contributed by atoms with van der Waals surface area (Å²) in [7, 11) is 0. The van der Waals surface area contributed by atoms with E-state index in [4.69, 9.17) is 0 Å². The van der Waals surface area contributed by atoms with E-state index in [0.717, 1.165) is 25.3 Å². The van der Waals surface area contributed by atoms with Gasteiger partial charge in [0.1, 0.15) is 5.57 Å². The van der Waals surface area contributed by atoms with Crippen molar-refractivity contribution in [2.45, 2.75) is 102 Å². The molecule has 1 N–H and O–H groups in total. The molecule has 3 aliphatic carbocycles. The van der Waals surface area contributed by atoms with Crippen LogP contribution in [0.1, 0.15) is 58.8 Å². The van der Waals surface area contributed by atoms with Gasteiger partial charge in [0.15, 0.2) is 0 Å². The van der Waals surface area contributed by atoms with Crippen LogP contribution in [0.3, 0.4) is 0 Å². The highest BCUT2D eigenvalue weighted by atomic mass is 19.4. The average Bonchev–Trinajstić information content (AvgIpc) is 3.16. The van der Waals surface area contributed by atoms with E-state index in [9.17, 15) is 62.3 Å². The van der Waals surface area contributed by atoms with Crippen LogP contribution in [-0.2, 0) is 9.59 Å². The molecule has 6 atom stereocenters. The second-order valence-electron chi connectivity index (χ2n) is 12.2. The topological polar surface area (TPSA) is 49.4 Å². The largest absolute Gasteiger partial charge is 0.417 e. The minimum atomic E-state index is -6.80. The Labute approximate surface area is 226 Å². The fourth-order valence-corrected chi connectivity index (χ4v) is 8.12. The third-order valence-electron chi connectivity index (χ3n) is 9.82. The van der Waals surface area contributed by atoms with Crippen molar-refractivity contribution in [3.8, 4) is 0 Å². The number of alkyl halides is 12. The molecule has 4 aliphatic rings. The third-order valence-corrected chi connectivity index (χ3v) is 9.82. The van der Waals surface area contributed by atoms with E-state index in [1.165, 1.54) is 6.92 Å². The summed E-state index contributed by atoms with van der Waals surface area (Å²) in [4.78, 5) is 23.7. The van der Waals surface area contributed by atoms with Gasteiger partial charge in [-0.15, -0.1) is 0 Å². The predicted octanol–water partition coefficient (Wildman–Crippen LogP) is 6.86. The normalized spacial score (nSPS) is 34.5. The van der Waals surface area contributed by atoms with Crippen LogP contribution in [0.15, 0.2) is 11.6 Å². The zero-order valence-electron chi connectivity index (χ0n) is 21.8. The highest BCUT2D eigenvalue weighted by molar-refractivity contribution is 6.19. The molecule has 0 saturated heterocycles. The smallest absolute Gasteiger partial charge is 0.348 e. The number of amides is 2. The third kappa shape index (κ3) is 5.40. The van der Waals surface area contributed by atoms with Gasteiger partial charge < -0.3 is 5.32 Å². The zero-order chi connectivity index (χ0) is 31.1. The van der Waals surface area contributed by atoms with Crippen molar-refractivity contribution in [1.82, 2.24) is 10.2 Å². The number of hydrogen-bond acceptors (Lipinski definition) is 2. The molecule has 3 fully saturated rings. The van der Waals surface area contributed by atoms with E-state index in [2.05, 4.69) is 12.2 Å². The number of carbonyl (C=O) groups is 2. The lowest BCUT2D eigenvalue weighted by Gasteiger charge is -2.58. The van der Waals surface area contributed by atoms with Gasteiger partial charge in [-0.2, -0.15) is 52.7 Å². The molecule has 1 aliphatic heterocycles. The van der Waals surface area contributed by atoms with Crippen molar-refractivity contribution in [3.05, 3.63) is 11.6 Å². The molecule has 0 aromatic heterocycles. The fourth-order valence-electron chi connectivity index (χ4n) is 8.12. The van der Waals surface area contributed by atoms with Gasteiger partial charge >= 0.3 is 24.7 Å². The Morgan fingerprint density at radius 2 is 1.32 bits per heavy atom. The molecule has 2 amide bonds. The Kier molecular flexibility index (Phi) is 7.50. The van der Waals surface area contributed by atoms with E-state index in [1.807, 2.05) is 0 Å². The van der Waals surface area contributed by atoms with Crippen molar-refractivity contribution in [2.75, 3.05) is 0 Å². The first-order chi connectivity index (χ1) is 18.4. The van der Waals surface area contributed by atoms with Crippen LogP contribution in [0, 0.1) is 28.6 Å². The first kappa shape index (κ1) is 31.8. The van der Waals surface area contributed by atoms with Crippen LogP contribution in [0.5, 0.6) is 0 Å². The summed E-state index contributed by atoms with van der Waals surface area (Å²) >= 11 is 0. The Morgan fingerprint density at radius 3 is 1.80 bits per heavy atom. The number of rotatable bonds is 3. The average molecular weight is 616 g/mol. The molecule has 0 radical (unpaired) electrons. The summed E-state index contributed by atoms with van der Waals surface area (Å²) in [5.74, 6) is -4.78. The standard InChI is InChI=1S/C25H28F12N2O2/c1-20-8-3-4-13(20)11-5-6-15-21(2,14(11)7-9-20)10-12(16(40)38-15)17(41)39(18(22(26,27)28)23(29,30)31)19(24(32,33)34)25(35,36)37/h10-11,13-15,18-19H,3-9H2,1-2H3,(H,38,40)/t11-,13-,14+,15?,20-,21+/m0/s1. The number of hydrogen-bond donors (Lipinski definition) is 1. The molecule has 0 spiro atoms. The number of fused-ring (bicyclic) bond motifs is 5. The maximum atomic E-state index is 13.6. The molecule has 16 heteroatoms. The minimum Gasteiger partial charge on any atom is -0.348 e. The van der Waals surface area contributed by atoms with Crippen molar-refractivity contribution in [1.29, 1.82) is 0 Å². The zero-order valence-corrected chi connectivity index (χ0v) is 21.8. The maximum Gasteiger partial charge on any atom is 0.417 e. The number of nitrogens with one attached hydrogen (secondary N) is 1. The second-order valence-corrected chi connectivity index (χ2v) is 12.2. The van der Waals surface area contributed by atoms with Gasteiger partial charge in [-0.1, -0.05) is 26.3 Å². The first-order valence-electron chi connectivity index (χ1n) is 13.1. The van der Waals surface area contributed by atoms with E-state index in [0.29, 0.717) is 25.7 Å². The molecular formula is C25H28F12N2O2. The van der Waals surface area contributed by atoms with Crippen LogP contribution in [0.4, 0.5) is 52.7 Å². The van der Waals surface area contributed by atoms with Gasteiger partial charge in [0.2, 0.25) is 12.1 Å². The maximum absolute atomic E-state index is 13.6. The monoisotopic (exact) mass is 616 g/mol. The Balaban J connectivity index is 1.86. The number of nitrogens with zero attached hydrogens (tertiary/aromatic N) is 1. The van der Waals surface area contributed by atoms with Crippen LogP contribution in [0.25, 0.3) is 0 Å². The summed E-state index contributed by atoms with van der Waals surface area (Å²) in [6.07, 6.45) is -21.6. The SMILES string of the molecule is C[C@@]12CCC[C@H]1[C@@H]1CCC3NC(=O)C(C(=O)N(C(C(F)(F)F)C(F)(F)F)C(C(F)(F)F)C(F)(F)F)=C[C@]3(C)[C@@H]1CC2. The molecule has 0 aromatic carbocycles. The van der Waals surface area contributed by atoms with E-state index >= 15 is 0 Å². The fraction of sp³-hybridized carbons (Fsp3) is 0.840. The lowest BCUT2D eigenvalue weighted by molar-refractivity contribution is -0.335. The van der Waals surface area contributed by atoms with Crippen LogP contribution >= 0.6 is 0 Å². The molecular weight excluding hydrogens is 588 g/mol. The summed E-state index contributed by atoms with van der Waals surface area (Å²) in [6, 6.07) is -11.8. The summed E-state index contributed by atoms with van der Waals surface area (Å²) < 4.78 is 163. The molecule has 41 heavy (non-hydrogen) atoms. The quantitative estimate of drug-likeness (QED) is 0.279. The van der Waals surface area contributed by atoms with Gasteiger partial charge in [0.25, 0.3) is 11.8 Å². The lowest BCUT2D eigenvalue weighted by Crippen LogP contribution is -2.68. The van der Waals surface area contributed by atoms with E-state index in [-0.39, 0.29) is 23.2 Å². The van der Waals surface area contributed by atoms with Crippen LogP contribution in [-0.4, -0.2) is 59.5 Å². The second kappa shape index (κ2) is 9.68. The summed E-state index contributed by atoms with van der Waals surface area (Å²) in [6.45, 7) is 3.60. The van der Waals surface area contributed by atoms with Gasteiger partial charge in [-0.05, 0) is 61.7 Å². The van der Waals surface area contributed by atoms with Crippen molar-refractivity contribution < 1.29 is 62.3 Å². The molecule has 4 rings (SSSR count). The molecule has 3 saturated carbocycles. The van der Waals surface area contributed by atoms with Crippen molar-refractivity contribution in [2.24, 2.45) is 28.6 Å². The van der Waals surface area contributed by atoms with E-state index < -0.39 is 70.5 Å². The summed E-state index contributed by atoms with van der Waals surface area (Å²) in [5.41, 5.74) is -2.93. The molecule has 234 valence electrons. The molecule has 1 heterocycles. The molecule has 1 unspecified atom stereocenters. The predicted molar refractivity (Wildman–Crippen MR) is 118 cm³/mol. The van der Waals surface area contributed by atoms with Crippen molar-refractivity contribution in [3.63, 3.8) is 0 Å². The van der Waals surface area contributed by atoms with Crippen LogP contribution in [0.2, 0.25) is 0 Å². The highest BCUT2D eigenvalue weighted by Gasteiger charge is 2.71.